The van der Waals surface area contributed by atoms with E-state index in [1.54, 1.807) is 11.8 Å². The van der Waals surface area contributed by atoms with Crippen molar-refractivity contribution in [2.45, 2.75) is 18.7 Å². The highest BCUT2D eigenvalue weighted by Gasteiger charge is 2.07. The molecule has 1 N–H and O–H groups in total. The van der Waals surface area contributed by atoms with E-state index < -0.39 is 0 Å². The van der Waals surface area contributed by atoms with Gasteiger partial charge in [-0.25, -0.2) is 0 Å². The third-order valence-electron chi connectivity index (χ3n) is 3.61. The van der Waals surface area contributed by atoms with Gasteiger partial charge >= 0.3 is 0 Å². The fraction of sp³-hybridized carbons (Fsp3) is 0.150. The number of rotatable bonds is 4. The van der Waals surface area contributed by atoms with Gasteiger partial charge in [0.25, 0.3) is 0 Å². The minimum Gasteiger partial charge on any atom is -0.325 e. The molecule has 3 aromatic carbocycles. The Labute approximate surface area is 140 Å². The molecule has 0 bridgehead atoms. The Hall–Kier alpha value is -2.26. The highest BCUT2D eigenvalue weighted by Crippen LogP contribution is 2.27. The molecular formula is C20H19NOS. The second kappa shape index (κ2) is 6.88. The molecular weight excluding hydrogens is 302 g/mol. The van der Waals surface area contributed by atoms with Crippen molar-refractivity contribution in [3.05, 3.63) is 71.8 Å². The summed E-state index contributed by atoms with van der Waals surface area (Å²) >= 11 is 1.57. The molecule has 3 heteroatoms. The fourth-order valence-corrected chi connectivity index (χ4v) is 3.58. The van der Waals surface area contributed by atoms with Gasteiger partial charge in [-0.15, -0.1) is 11.8 Å². The lowest BCUT2D eigenvalue weighted by atomic mass is 10.1. The Morgan fingerprint density at radius 2 is 1.65 bits per heavy atom. The lowest BCUT2D eigenvalue weighted by Gasteiger charge is -2.09. The number of amides is 1. The lowest BCUT2D eigenvalue weighted by Crippen LogP contribution is -2.14. The number of hydrogen-bond donors (Lipinski definition) is 1. The Balaban J connectivity index is 1.68. The van der Waals surface area contributed by atoms with Crippen molar-refractivity contribution < 1.29 is 4.79 Å². The summed E-state index contributed by atoms with van der Waals surface area (Å²) in [5.74, 6) is 0.425. The average molecular weight is 321 g/mol. The minimum absolute atomic E-state index is 0.0212. The number of benzene rings is 3. The van der Waals surface area contributed by atoms with Gasteiger partial charge in [0.2, 0.25) is 5.91 Å². The van der Waals surface area contributed by atoms with Crippen LogP contribution in [0.2, 0.25) is 0 Å². The summed E-state index contributed by atoms with van der Waals surface area (Å²) in [6.45, 7) is 4.07. The molecule has 23 heavy (non-hydrogen) atoms. The molecule has 0 fully saturated rings. The molecule has 0 atom stereocenters. The van der Waals surface area contributed by atoms with E-state index in [0.29, 0.717) is 5.75 Å². The molecule has 2 nitrogen and oxygen atoms in total. The molecule has 0 saturated heterocycles. The molecule has 0 aliphatic rings. The van der Waals surface area contributed by atoms with Crippen LogP contribution in [-0.2, 0) is 4.79 Å². The Kier molecular flexibility index (Phi) is 4.68. The van der Waals surface area contributed by atoms with Crippen LogP contribution in [0.25, 0.3) is 10.8 Å². The molecule has 0 aliphatic heterocycles. The summed E-state index contributed by atoms with van der Waals surface area (Å²) in [7, 11) is 0. The third kappa shape index (κ3) is 3.93. The van der Waals surface area contributed by atoms with Crippen molar-refractivity contribution >= 4 is 34.1 Å². The van der Waals surface area contributed by atoms with Crippen molar-refractivity contribution in [3.8, 4) is 0 Å². The second-order valence-electron chi connectivity index (χ2n) is 5.69. The summed E-state index contributed by atoms with van der Waals surface area (Å²) in [6.07, 6.45) is 0. The van der Waals surface area contributed by atoms with E-state index in [9.17, 15) is 4.79 Å². The molecule has 0 heterocycles. The summed E-state index contributed by atoms with van der Waals surface area (Å²) in [5, 5.41) is 5.38. The van der Waals surface area contributed by atoms with Gasteiger partial charge in [-0.05, 0) is 53.9 Å². The Bertz CT molecular complexity index is 832. The van der Waals surface area contributed by atoms with Gasteiger partial charge in [-0.3, -0.25) is 4.79 Å². The quantitative estimate of drug-likeness (QED) is 0.670. The average Bonchev–Trinajstić information content (AvgIpc) is 2.52. The zero-order valence-electron chi connectivity index (χ0n) is 13.3. The summed E-state index contributed by atoms with van der Waals surface area (Å²) in [4.78, 5) is 13.4. The number of hydrogen-bond acceptors (Lipinski definition) is 2. The second-order valence-corrected chi connectivity index (χ2v) is 6.71. The summed E-state index contributed by atoms with van der Waals surface area (Å²) in [5.41, 5.74) is 3.18. The van der Waals surface area contributed by atoms with E-state index in [1.807, 2.05) is 44.2 Å². The van der Waals surface area contributed by atoms with Crippen LogP contribution in [0, 0.1) is 13.8 Å². The Morgan fingerprint density at radius 3 is 2.43 bits per heavy atom. The van der Waals surface area contributed by atoms with Crippen molar-refractivity contribution in [1.82, 2.24) is 0 Å². The maximum Gasteiger partial charge on any atom is 0.234 e. The number of anilines is 1. The maximum absolute atomic E-state index is 12.2. The van der Waals surface area contributed by atoms with E-state index in [0.717, 1.165) is 21.7 Å². The minimum atomic E-state index is 0.0212. The first-order valence-electron chi connectivity index (χ1n) is 7.60. The first kappa shape index (κ1) is 15.6. The van der Waals surface area contributed by atoms with E-state index >= 15 is 0 Å². The van der Waals surface area contributed by atoms with Crippen LogP contribution in [0.1, 0.15) is 11.1 Å². The number of carbonyl (C=O) groups is 1. The van der Waals surface area contributed by atoms with Crippen molar-refractivity contribution in [2.75, 3.05) is 11.1 Å². The number of fused-ring (bicyclic) bond motifs is 1. The van der Waals surface area contributed by atoms with E-state index in [4.69, 9.17) is 0 Å². The highest BCUT2D eigenvalue weighted by molar-refractivity contribution is 8.00. The molecule has 0 radical (unpaired) electrons. The molecule has 116 valence electrons. The van der Waals surface area contributed by atoms with Crippen LogP contribution in [0.3, 0.4) is 0 Å². The predicted molar refractivity (Wildman–Crippen MR) is 99.2 cm³/mol. The molecule has 3 rings (SSSR count). The van der Waals surface area contributed by atoms with Crippen molar-refractivity contribution in [3.63, 3.8) is 0 Å². The van der Waals surface area contributed by atoms with E-state index in [2.05, 4.69) is 35.6 Å². The normalized spacial score (nSPS) is 10.7. The van der Waals surface area contributed by atoms with Gasteiger partial charge in [0, 0.05) is 10.6 Å². The molecule has 0 aromatic heterocycles. The first-order chi connectivity index (χ1) is 11.1. The molecule has 0 aliphatic carbocycles. The fourth-order valence-electron chi connectivity index (χ4n) is 2.71. The summed E-state index contributed by atoms with van der Waals surface area (Å²) in [6, 6.07) is 20.5. The van der Waals surface area contributed by atoms with Crippen LogP contribution < -0.4 is 5.32 Å². The summed E-state index contributed by atoms with van der Waals surface area (Å²) < 4.78 is 0. The standard InChI is InChI=1S/C20H19NOS/c1-14-10-15(2)12-17(11-14)21-20(22)13-23-19-9-5-7-16-6-3-4-8-18(16)19/h3-12H,13H2,1-2H3,(H,21,22). The van der Waals surface area contributed by atoms with Crippen LogP contribution in [0.5, 0.6) is 0 Å². The lowest BCUT2D eigenvalue weighted by molar-refractivity contribution is -0.113. The molecule has 1 amide bonds. The first-order valence-corrected chi connectivity index (χ1v) is 8.59. The molecule has 0 unspecified atom stereocenters. The predicted octanol–water partition coefficient (Wildman–Crippen LogP) is 5.19. The number of thioether (sulfide) groups is 1. The van der Waals surface area contributed by atoms with E-state index in [1.165, 1.54) is 10.8 Å². The van der Waals surface area contributed by atoms with Crippen molar-refractivity contribution in [1.29, 1.82) is 0 Å². The van der Waals surface area contributed by atoms with Gasteiger partial charge in [-0.2, -0.15) is 0 Å². The Morgan fingerprint density at radius 1 is 0.957 bits per heavy atom. The number of aryl methyl sites for hydroxylation is 2. The zero-order valence-corrected chi connectivity index (χ0v) is 14.1. The highest BCUT2D eigenvalue weighted by atomic mass is 32.2. The van der Waals surface area contributed by atoms with Gasteiger partial charge < -0.3 is 5.32 Å². The van der Waals surface area contributed by atoms with Gasteiger partial charge in [0.05, 0.1) is 5.75 Å². The zero-order chi connectivity index (χ0) is 16.2. The largest absolute Gasteiger partial charge is 0.325 e. The van der Waals surface area contributed by atoms with Crippen LogP contribution >= 0.6 is 11.8 Å². The number of carbonyl (C=O) groups excluding carboxylic acids is 1. The van der Waals surface area contributed by atoms with Crippen LogP contribution in [-0.4, -0.2) is 11.7 Å². The molecule has 0 spiro atoms. The van der Waals surface area contributed by atoms with Gasteiger partial charge in [0.1, 0.15) is 0 Å². The van der Waals surface area contributed by atoms with E-state index in [-0.39, 0.29) is 5.91 Å². The van der Waals surface area contributed by atoms with Crippen LogP contribution in [0.4, 0.5) is 5.69 Å². The smallest absolute Gasteiger partial charge is 0.234 e. The maximum atomic E-state index is 12.2. The SMILES string of the molecule is Cc1cc(C)cc(NC(=O)CSc2cccc3ccccc23)c1. The molecule has 3 aromatic rings. The van der Waals surface area contributed by atoms with Gasteiger partial charge in [0.15, 0.2) is 0 Å². The monoisotopic (exact) mass is 321 g/mol. The topological polar surface area (TPSA) is 29.1 Å². The van der Waals surface area contributed by atoms with Crippen molar-refractivity contribution in [2.24, 2.45) is 0 Å². The molecule has 0 saturated carbocycles. The number of nitrogens with one attached hydrogen (secondary N) is 1. The van der Waals surface area contributed by atoms with Gasteiger partial charge in [-0.1, -0.05) is 42.5 Å². The third-order valence-corrected chi connectivity index (χ3v) is 4.69. The van der Waals surface area contributed by atoms with Crippen LogP contribution in [0.15, 0.2) is 65.6 Å².